The van der Waals surface area contributed by atoms with Crippen molar-refractivity contribution < 1.29 is 14.3 Å². The van der Waals surface area contributed by atoms with Crippen molar-refractivity contribution >= 4 is 35.0 Å². The zero-order valence-electron chi connectivity index (χ0n) is 20.0. The summed E-state index contributed by atoms with van der Waals surface area (Å²) >= 11 is 12.7. The van der Waals surface area contributed by atoms with Gasteiger partial charge in [0.05, 0.1) is 0 Å². The lowest BCUT2D eigenvalue weighted by Gasteiger charge is -2.32. The van der Waals surface area contributed by atoms with Gasteiger partial charge in [-0.2, -0.15) is 0 Å². The van der Waals surface area contributed by atoms with Crippen LogP contribution in [0.2, 0.25) is 10.0 Å². The highest BCUT2D eigenvalue weighted by Crippen LogP contribution is 2.27. The third kappa shape index (κ3) is 7.65. The normalized spacial score (nSPS) is 12.8. The topological polar surface area (TPSA) is 58.6 Å². The second kappa shape index (κ2) is 12.9. The molecule has 0 spiro atoms. The van der Waals surface area contributed by atoms with Crippen molar-refractivity contribution in [1.82, 2.24) is 10.2 Å². The van der Waals surface area contributed by atoms with Crippen LogP contribution in [0.5, 0.6) is 5.75 Å². The molecule has 0 saturated heterocycles. The maximum atomic E-state index is 13.3. The molecule has 0 bridgehead atoms. The lowest BCUT2D eigenvalue weighted by molar-refractivity contribution is -0.143. The number of carbonyl (C=O) groups excluding carboxylic acids is 2. The lowest BCUT2D eigenvalue weighted by atomic mass is 10.0. The van der Waals surface area contributed by atoms with Crippen LogP contribution in [0.25, 0.3) is 0 Å². The second-order valence-corrected chi connectivity index (χ2v) is 9.29. The number of nitrogens with zero attached hydrogens (tertiary/aromatic N) is 1. The van der Waals surface area contributed by atoms with E-state index in [0.29, 0.717) is 33.7 Å². The number of nitrogens with one attached hydrogen (secondary N) is 1. The highest BCUT2D eigenvalue weighted by molar-refractivity contribution is 6.36. The molecule has 33 heavy (non-hydrogen) atoms. The van der Waals surface area contributed by atoms with Crippen molar-refractivity contribution in [1.29, 1.82) is 0 Å². The minimum atomic E-state index is -0.675. The standard InChI is InChI=1S/C26H34Cl2N2O3/c1-6-18(5)29-26(32)24(7-2)30(15-21-22(27)9-8-10-23(21)28)25(31)16-33-20-13-11-19(12-14-20)17(3)4/h8-14,17-18,24H,6-7,15-16H2,1-5H3,(H,29,32). The van der Waals surface area contributed by atoms with Gasteiger partial charge in [-0.1, -0.05) is 69.1 Å². The van der Waals surface area contributed by atoms with Gasteiger partial charge in [-0.05, 0) is 55.5 Å². The van der Waals surface area contributed by atoms with Crippen molar-refractivity contribution in [3.05, 3.63) is 63.6 Å². The molecule has 0 heterocycles. The number of hydrogen-bond donors (Lipinski definition) is 1. The van der Waals surface area contributed by atoms with Crippen LogP contribution in [0, 0.1) is 0 Å². The maximum Gasteiger partial charge on any atom is 0.261 e. The molecule has 0 aliphatic rings. The fourth-order valence-electron chi connectivity index (χ4n) is 3.39. The second-order valence-electron chi connectivity index (χ2n) is 8.48. The van der Waals surface area contributed by atoms with E-state index in [1.54, 1.807) is 18.2 Å². The molecule has 0 saturated carbocycles. The number of rotatable bonds is 11. The van der Waals surface area contributed by atoms with Crippen LogP contribution in [0.15, 0.2) is 42.5 Å². The minimum absolute atomic E-state index is 0.00289. The number of ether oxygens (including phenoxy) is 1. The molecule has 0 aromatic heterocycles. The summed E-state index contributed by atoms with van der Waals surface area (Å²) in [5, 5.41) is 3.88. The molecule has 2 atom stereocenters. The van der Waals surface area contributed by atoms with E-state index in [1.165, 1.54) is 10.5 Å². The van der Waals surface area contributed by atoms with E-state index < -0.39 is 6.04 Å². The Labute approximate surface area is 207 Å². The Morgan fingerprint density at radius 3 is 2.09 bits per heavy atom. The summed E-state index contributed by atoms with van der Waals surface area (Å²) in [6.45, 7) is 9.96. The molecule has 2 aromatic carbocycles. The summed E-state index contributed by atoms with van der Waals surface area (Å²) in [7, 11) is 0. The lowest BCUT2D eigenvalue weighted by Crippen LogP contribution is -2.51. The van der Waals surface area contributed by atoms with E-state index in [9.17, 15) is 9.59 Å². The van der Waals surface area contributed by atoms with Crippen LogP contribution < -0.4 is 10.1 Å². The third-order valence-corrected chi connectivity index (χ3v) is 6.39. The molecule has 2 amide bonds. The van der Waals surface area contributed by atoms with Gasteiger partial charge in [-0.3, -0.25) is 9.59 Å². The average Bonchev–Trinajstić information content (AvgIpc) is 2.79. The van der Waals surface area contributed by atoms with Crippen LogP contribution >= 0.6 is 23.2 Å². The summed E-state index contributed by atoms with van der Waals surface area (Å²) in [6, 6.07) is 12.2. The largest absolute Gasteiger partial charge is 0.484 e. The van der Waals surface area contributed by atoms with E-state index in [-0.39, 0.29) is 31.0 Å². The van der Waals surface area contributed by atoms with Gasteiger partial charge in [0.25, 0.3) is 5.91 Å². The predicted octanol–water partition coefficient (Wildman–Crippen LogP) is 6.22. The number of amides is 2. The molecule has 2 unspecified atom stereocenters. The van der Waals surface area contributed by atoms with Gasteiger partial charge in [0.2, 0.25) is 5.91 Å². The molecule has 7 heteroatoms. The molecule has 2 rings (SSSR count). The van der Waals surface area contributed by atoms with Crippen molar-refractivity contribution in [3.8, 4) is 5.75 Å². The number of carbonyl (C=O) groups is 2. The summed E-state index contributed by atoms with van der Waals surface area (Å²) in [4.78, 5) is 27.8. The third-order valence-electron chi connectivity index (χ3n) is 5.69. The SMILES string of the molecule is CCC(C)NC(=O)C(CC)N(Cc1c(Cl)cccc1Cl)C(=O)COc1ccc(C(C)C)cc1. The van der Waals surface area contributed by atoms with Crippen LogP contribution in [0.3, 0.4) is 0 Å². The monoisotopic (exact) mass is 492 g/mol. The van der Waals surface area contributed by atoms with E-state index >= 15 is 0 Å². The smallest absolute Gasteiger partial charge is 0.261 e. The quantitative estimate of drug-likeness (QED) is 0.405. The Morgan fingerprint density at radius 1 is 0.970 bits per heavy atom. The van der Waals surface area contributed by atoms with E-state index in [4.69, 9.17) is 27.9 Å². The number of hydrogen-bond acceptors (Lipinski definition) is 3. The summed E-state index contributed by atoms with van der Waals surface area (Å²) in [5.74, 6) is 0.487. The average molecular weight is 493 g/mol. The van der Waals surface area contributed by atoms with Crippen LogP contribution in [0.4, 0.5) is 0 Å². The first-order chi connectivity index (χ1) is 15.7. The van der Waals surface area contributed by atoms with Gasteiger partial charge in [-0.15, -0.1) is 0 Å². The van der Waals surface area contributed by atoms with Crippen molar-refractivity contribution in [3.63, 3.8) is 0 Å². The highest BCUT2D eigenvalue weighted by Gasteiger charge is 2.30. The Balaban J connectivity index is 2.26. The van der Waals surface area contributed by atoms with E-state index in [1.807, 2.05) is 45.0 Å². The zero-order valence-corrected chi connectivity index (χ0v) is 21.5. The van der Waals surface area contributed by atoms with Crippen molar-refractivity contribution in [2.45, 2.75) is 72.0 Å². The van der Waals surface area contributed by atoms with E-state index in [2.05, 4.69) is 19.2 Å². The van der Waals surface area contributed by atoms with Gasteiger partial charge >= 0.3 is 0 Å². The first kappa shape index (κ1) is 27.0. The molecular weight excluding hydrogens is 459 g/mol. The zero-order chi connectivity index (χ0) is 24.5. The first-order valence-electron chi connectivity index (χ1n) is 11.4. The molecule has 0 radical (unpaired) electrons. The fourth-order valence-corrected chi connectivity index (χ4v) is 3.91. The Morgan fingerprint density at radius 2 is 1.58 bits per heavy atom. The molecular formula is C26H34Cl2N2O3. The van der Waals surface area contributed by atoms with Crippen LogP contribution in [0.1, 0.15) is 64.5 Å². The van der Waals surface area contributed by atoms with Gasteiger partial charge in [0.1, 0.15) is 11.8 Å². The van der Waals surface area contributed by atoms with Crippen molar-refractivity contribution in [2.75, 3.05) is 6.61 Å². The van der Waals surface area contributed by atoms with Crippen LogP contribution in [-0.4, -0.2) is 35.4 Å². The van der Waals surface area contributed by atoms with Gasteiger partial charge in [0.15, 0.2) is 6.61 Å². The predicted molar refractivity (Wildman–Crippen MR) is 135 cm³/mol. The molecule has 1 N–H and O–H groups in total. The van der Waals surface area contributed by atoms with Gasteiger partial charge in [0, 0.05) is 28.2 Å². The Bertz CT molecular complexity index is 911. The van der Waals surface area contributed by atoms with Gasteiger partial charge < -0.3 is 15.0 Å². The van der Waals surface area contributed by atoms with Crippen LogP contribution in [-0.2, 0) is 16.1 Å². The Hall–Kier alpha value is -2.24. The molecule has 2 aromatic rings. The molecule has 0 aliphatic heterocycles. The summed E-state index contributed by atoms with van der Waals surface area (Å²) in [6.07, 6.45) is 1.24. The van der Waals surface area contributed by atoms with Crippen molar-refractivity contribution in [2.24, 2.45) is 0 Å². The fraction of sp³-hybridized carbons (Fsp3) is 0.462. The maximum absolute atomic E-state index is 13.3. The Kier molecular flexibility index (Phi) is 10.5. The number of benzene rings is 2. The van der Waals surface area contributed by atoms with Gasteiger partial charge in [-0.25, -0.2) is 0 Å². The minimum Gasteiger partial charge on any atom is -0.484 e. The number of halogens is 2. The molecule has 180 valence electrons. The highest BCUT2D eigenvalue weighted by atomic mass is 35.5. The molecule has 0 aliphatic carbocycles. The molecule has 5 nitrogen and oxygen atoms in total. The van der Waals surface area contributed by atoms with E-state index in [0.717, 1.165) is 6.42 Å². The molecule has 0 fully saturated rings. The first-order valence-corrected chi connectivity index (χ1v) is 12.2. The summed E-state index contributed by atoms with van der Waals surface area (Å²) < 4.78 is 5.77. The summed E-state index contributed by atoms with van der Waals surface area (Å²) in [5.41, 5.74) is 1.79.